The summed E-state index contributed by atoms with van der Waals surface area (Å²) in [5.74, 6) is -0.442. The van der Waals surface area contributed by atoms with Crippen LogP contribution < -0.4 is 10.6 Å². The monoisotopic (exact) mass is 348 g/mol. The molecule has 0 aliphatic heterocycles. The van der Waals surface area contributed by atoms with Crippen molar-refractivity contribution in [1.82, 2.24) is 15.1 Å². The summed E-state index contributed by atoms with van der Waals surface area (Å²) in [6.07, 6.45) is 0. The number of anilines is 1. The van der Waals surface area contributed by atoms with E-state index < -0.39 is 0 Å². The van der Waals surface area contributed by atoms with E-state index in [2.05, 4.69) is 10.6 Å². The third-order valence-electron chi connectivity index (χ3n) is 3.35. The number of rotatable bonds is 7. The first-order chi connectivity index (χ1) is 11.7. The van der Waals surface area contributed by atoms with Crippen LogP contribution in [-0.2, 0) is 9.59 Å². The number of carbonyl (C=O) groups excluding carboxylic acids is 3. The van der Waals surface area contributed by atoms with Crippen LogP contribution in [0.25, 0.3) is 0 Å². The Hall–Kier alpha value is -2.57. The molecule has 1 aromatic carbocycles. The first kappa shape index (κ1) is 20.5. The van der Waals surface area contributed by atoms with Gasteiger partial charge in [0.1, 0.15) is 6.54 Å². The highest BCUT2D eigenvalue weighted by Crippen LogP contribution is 2.08. The van der Waals surface area contributed by atoms with Gasteiger partial charge in [0.05, 0.1) is 6.54 Å². The minimum absolute atomic E-state index is 0.0764. The number of carbonyl (C=O) groups is 3. The number of nitrogens with zero attached hydrogens (tertiary/aromatic N) is 2. The zero-order chi connectivity index (χ0) is 19.0. The molecule has 0 atom stereocenters. The Bertz CT molecular complexity index is 597. The molecule has 7 nitrogen and oxygen atoms in total. The molecule has 4 amide bonds. The van der Waals surface area contributed by atoms with Gasteiger partial charge in [-0.1, -0.05) is 31.5 Å². The maximum atomic E-state index is 12.1. The fourth-order valence-electron chi connectivity index (χ4n) is 2.18. The minimum atomic E-state index is -0.366. The SMILES string of the molecule is Cc1ccc(NC(=O)CNC(=O)CN(CC(C)C)C(=O)N(C)C)cc1. The molecule has 0 fully saturated rings. The van der Waals surface area contributed by atoms with Crippen molar-refractivity contribution in [2.75, 3.05) is 39.0 Å². The second-order valence-electron chi connectivity index (χ2n) is 6.64. The number of hydrogen-bond donors (Lipinski definition) is 2. The van der Waals surface area contributed by atoms with E-state index in [1.165, 1.54) is 9.80 Å². The Kier molecular flexibility index (Phi) is 7.91. The summed E-state index contributed by atoms with van der Waals surface area (Å²) < 4.78 is 0. The molecule has 0 aliphatic carbocycles. The molecule has 0 saturated heterocycles. The highest BCUT2D eigenvalue weighted by molar-refractivity contribution is 5.95. The summed E-state index contributed by atoms with van der Waals surface area (Å²) in [4.78, 5) is 39.0. The quantitative estimate of drug-likeness (QED) is 0.787. The average Bonchev–Trinajstić information content (AvgIpc) is 2.53. The predicted molar refractivity (Wildman–Crippen MR) is 98.3 cm³/mol. The van der Waals surface area contributed by atoms with Crippen molar-refractivity contribution >= 4 is 23.5 Å². The Labute approximate surface area is 149 Å². The van der Waals surface area contributed by atoms with E-state index in [4.69, 9.17) is 0 Å². The molecular formula is C18H28N4O3. The van der Waals surface area contributed by atoms with Crippen molar-refractivity contribution in [1.29, 1.82) is 0 Å². The minimum Gasteiger partial charge on any atom is -0.345 e. The molecule has 0 radical (unpaired) electrons. The molecule has 0 bridgehead atoms. The van der Waals surface area contributed by atoms with Crippen molar-refractivity contribution in [3.63, 3.8) is 0 Å². The lowest BCUT2D eigenvalue weighted by Crippen LogP contribution is -2.47. The zero-order valence-electron chi connectivity index (χ0n) is 15.6. The molecule has 0 aromatic heterocycles. The molecule has 0 heterocycles. The molecular weight excluding hydrogens is 320 g/mol. The van der Waals surface area contributed by atoms with E-state index in [-0.39, 0.29) is 36.9 Å². The van der Waals surface area contributed by atoms with Gasteiger partial charge in [0.2, 0.25) is 11.8 Å². The van der Waals surface area contributed by atoms with Crippen LogP contribution in [0.5, 0.6) is 0 Å². The zero-order valence-corrected chi connectivity index (χ0v) is 15.6. The summed E-state index contributed by atoms with van der Waals surface area (Å²) in [6, 6.07) is 7.16. The van der Waals surface area contributed by atoms with E-state index in [1.54, 1.807) is 26.2 Å². The van der Waals surface area contributed by atoms with Crippen molar-refractivity contribution in [3.8, 4) is 0 Å². The van der Waals surface area contributed by atoms with Gasteiger partial charge in [0, 0.05) is 26.3 Å². The van der Waals surface area contributed by atoms with Gasteiger partial charge in [-0.2, -0.15) is 0 Å². The summed E-state index contributed by atoms with van der Waals surface area (Å²) in [5, 5.41) is 5.26. The van der Waals surface area contributed by atoms with Gasteiger partial charge in [0.15, 0.2) is 0 Å². The van der Waals surface area contributed by atoms with E-state index in [0.29, 0.717) is 12.2 Å². The van der Waals surface area contributed by atoms with Gasteiger partial charge < -0.3 is 20.4 Å². The number of nitrogens with one attached hydrogen (secondary N) is 2. The third-order valence-corrected chi connectivity index (χ3v) is 3.35. The van der Waals surface area contributed by atoms with E-state index in [9.17, 15) is 14.4 Å². The first-order valence-corrected chi connectivity index (χ1v) is 8.28. The number of amides is 4. The van der Waals surface area contributed by atoms with Crippen LogP contribution in [0.4, 0.5) is 10.5 Å². The van der Waals surface area contributed by atoms with Crippen molar-refractivity contribution in [2.24, 2.45) is 5.92 Å². The second-order valence-corrected chi connectivity index (χ2v) is 6.64. The molecule has 7 heteroatoms. The molecule has 0 saturated carbocycles. The predicted octanol–water partition coefficient (Wildman–Crippen LogP) is 1.69. The molecule has 0 spiro atoms. The van der Waals surface area contributed by atoms with Crippen molar-refractivity contribution in [3.05, 3.63) is 29.8 Å². The van der Waals surface area contributed by atoms with Crippen molar-refractivity contribution < 1.29 is 14.4 Å². The topological polar surface area (TPSA) is 81.8 Å². The van der Waals surface area contributed by atoms with Crippen molar-refractivity contribution in [2.45, 2.75) is 20.8 Å². The molecule has 25 heavy (non-hydrogen) atoms. The third kappa shape index (κ3) is 7.69. The smallest absolute Gasteiger partial charge is 0.319 e. The first-order valence-electron chi connectivity index (χ1n) is 8.28. The van der Waals surface area contributed by atoms with Crippen LogP contribution in [0.15, 0.2) is 24.3 Å². The molecule has 138 valence electrons. The number of hydrogen-bond acceptors (Lipinski definition) is 3. The van der Waals surface area contributed by atoms with Gasteiger partial charge in [-0.25, -0.2) is 4.79 Å². The highest BCUT2D eigenvalue weighted by Gasteiger charge is 2.20. The molecule has 1 rings (SSSR count). The van der Waals surface area contributed by atoms with Crippen LogP contribution in [0.1, 0.15) is 19.4 Å². The number of urea groups is 1. The fourth-order valence-corrected chi connectivity index (χ4v) is 2.18. The Morgan fingerprint density at radius 2 is 1.64 bits per heavy atom. The Balaban J connectivity index is 2.49. The van der Waals surface area contributed by atoms with Crippen LogP contribution in [0.3, 0.4) is 0 Å². The largest absolute Gasteiger partial charge is 0.345 e. The molecule has 1 aromatic rings. The van der Waals surface area contributed by atoms with Gasteiger partial charge >= 0.3 is 6.03 Å². The van der Waals surface area contributed by atoms with Gasteiger partial charge in [-0.3, -0.25) is 9.59 Å². The standard InChI is InChI=1S/C18H28N4O3/c1-13(2)11-22(18(25)21(4)5)12-17(24)19-10-16(23)20-15-8-6-14(3)7-9-15/h6-9,13H,10-12H2,1-5H3,(H,19,24)(H,20,23). The number of aryl methyl sites for hydroxylation is 1. The molecule has 0 unspecified atom stereocenters. The summed E-state index contributed by atoms with van der Waals surface area (Å²) >= 11 is 0. The lowest BCUT2D eigenvalue weighted by molar-refractivity contribution is -0.124. The normalized spacial score (nSPS) is 10.3. The Morgan fingerprint density at radius 3 is 2.16 bits per heavy atom. The fraction of sp³-hybridized carbons (Fsp3) is 0.500. The van der Waals surface area contributed by atoms with Gasteiger partial charge in [-0.15, -0.1) is 0 Å². The van der Waals surface area contributed by atoms with Gasteiger partial charge in [-0.05, 0) is 25.0 Å². The highest BCUT2D eigenvalue weighted by atomic mass is 16.2. The lowest BCUT2D eigenvalue weighted by atomic mass is 10.2. The van der Waals surface area contributed by atoms with E-state index in [1.807, 2.05) is 32.9 Å². The van der Waals surface area contributed by atoms with E-state index in [0.717, 1.165) is 5.56 Å². The van der Waals surface area contributed by atoms with Crippen LogP contribution >= 0.6 is 0 Å². The second kappa shape index (κ2) is 9.66. The van der Waals surface area contributed by atoms with Crippen LogP contribution in [0, 0.1) is 12.8 Å². The molecule has 0 aliphatic rings. The summed E-state index contributed by atoms with van der Waals surface area (Å²) in [6.45, 7) is 6.17. The summed E-state index contributed by atoms with van der Waals surface area (Å²) in [5.41, 5.74) is 1.77. The average molecular weight is 348 g/mol. The maximum absolute atomic E-state index is 12.1. The maximum Gasteiger partial charge on any atom is 0.319 e. The lowest BCUT2D eigenvalue weighted by Gasteiger charge is -2.27. The van der Waals surface area contributed by atoms with Crippen LogP contribution in [-0.4, -0.2) is 61.4 Å². The molecule has 2 N–H and O–H groups in total. The number of benzene rings is 1. The summed E-state index contributed by atoms with van der Waals surface area (Å²) in [7, 11) is 3.28. The van der Waals surface area contributed by atoms with Gasteiger partial charge in [0.25, 0.3) is 0 Å². The van der Waals surface area contributed by atoms with E-state index >= 15 is 0 Å². The Morgan fingerprint density at radius 1 is 1.04 bits per heavy atom. The van der Waals surface area contributed by atoms with Crippen LogP contribution in [0.2, 0.25) is 0 Å².